The first kappa shape index (κ1) is 18.3. The van der Waals surface area contributed by atoms with Gasteiger partial charge in [-0.1, -0.05) is 31.6 Å². The fourth-order valence-electron chi connectivity index (χ4n) is 3.37. The first-order valence-electron chi connectivity index (χ1n) is 9.08. The van der Waals surface area contributed by atoms with Crippen LogP contribution in [0.25, 0.3) is 0 Å². The number of nitriles is 1. The van der Waals surface area contributed by atoms with Crippen LogP contribution in [-0.2, 0) is 11.2 Å². The first-order valence-corrected chi connectivity index (χ1v) is 9.08. The highest BCUT2D eigenvalue weighted by Crippen LogP contribution is 2.32. The largest absolute Gasteiger partial charge is 0.426 e. The summed E-state index contributed by atoms with van der Waals surface area (Å²) in [6.45, 7) is 2.16. The van der Waals surface area contributed by atoms with Crippen molar-refractivity contribution in [1.29, 1.82) is 5.26 Å². The van der Waals surface area contributed by atoms with Crippen LogP contribution in [0.3, 0.4) is 0 Å². The fraction of sp³-hybridized carbons (Fsp3) is 0.524. The Labute approximate surface area is 145 Å². The Bertz CT molecular complexity index is 575. The van der Waals surface area contributed by atoms with Crippen LogP contribution in [0.4, 0.5) is 0 Å². The van der Waals surface area contributed by atoms with Gasteiger partial charge in [-0.05, 0) is 68.6 Å². The Morgan fingerprint density at radius 3 is 2.58 bits per heavy atom. The molecule has 0 radical (unpaired) electrons. The van der Waals surface area contributed by atoms with Crippen molar-refractivity contribution in [3.05, 3.63) is 42.0 Å². The van der Waals surface area contributed by atoms with Gasteiger partial charge in [0.05, 0.1) is 12.0 Å². The molecule has 0 heterocycles. The summed E-state index contributed by atoms with van der Waals surface area (Å²) in [5.74, 6) is 1.28. The van der Waals surface area contributed by atoms with Gasteiger partial charge in [0.2, 0.25) is 0 Å². The molecule has 1 aromatic carbocycles. The zero-order valence-electron chi connectivity index (χ0n) is 14.5. The summed E-state index contributed by atoms with van der Waals surface area (Å²) >= 11 is 0. The molecule has 1 saturated carbocycles. The van der Waals surface area contributed by atoms with Crippen molar-refractivity contribution < 1.29 is 9.53 Å². The van der Waals surface area contributed by atoms with E-state index in [1.165, 1.54) is 5.56 Å². The molecule has 0 atom stereocenters. The van der Waals surface area contributed by atoms with E-state index in [-0.39, 0.29) is 11.9 Å². The normalized spacial score (nSPS) is 20.7. The van der Waals surface area contributed by atoms with E-state index >= 15 is 0 Å². The van der Waals surface area contributed by atoms with Crippen LogP contribution >= 0.6 is 0 Å². The van der Waals surface area contributed by atoms with E-state index in [1.807, 2.05) is 36.4 Å². The molecule has 3 heteroatoms. The maximum atomic E-state index is 12.3. The number of benzene rings is 1. The van der Waals surface area contributed by atoms with Crippen molar-refractivity contribution in [1.82, 2.24) is 0 Å². The SMILES string of the molecule is CCCc1ccc(OC(=O)C2CCC(CCC=CC#N)CC2)cc1. The topological polar surface area (TPSA) is 50.1 Å². The summed E-state index contributed by atoms with van der Waals surface area (Å²) in [4.78, 5) is 12.3. The number of hydrogen-bond donors (Lipinski definition) is 0. The van der Waals surface area contributed by atoms with Crippen molar-refractivity contribution in [3.63, 3.8) is 0 Å². The van der Waals surface area contributed by atoms with Crippen LogP contribution in [-0.4, -0.2) is 5.97 Å². The van der Waals surface area contributed by atoms with Gasteiger partial charge in [-0.25, -0.2) is 0 Å². The predicted octanol–water partition coefficient (Wildman–Crippen LogP) is 5.21. The lowest BCUT2D eigenvalue weighted by Gasteiger charge is -2.26. The molecule has 0 N–H and O–H groups in total. The minimum atomic E-state index is -0.0823. The zero-order valence-corrected chi connectivity index (χ0v) is 14.5. The Hall–Kier alpha value is -2.08. The van der Waals surface area contributed by atoms with Gasteiger partial charge in [-0.15, -0.1) is 0 Å². The maximum Gasteiger partial charge on any atom is 0.314 e. The second-order valence-electron chi connectivity index (χ2n) is 6.64. The van der Waals surface area contributed by atoms with Gasteiger partial charge in [0.25, 0.3) is 0 Å². The molecule has 2 rings (SSSR count). The molecule has 0 aromatic heterocycles. The lowest BCUT2D eigenvalue weighted by atomic mass is 9.80. The van der Waals surface area contributed by atoms with E-state index in [1.54, 1.807) is 6.08 Å². The Balaban J connectivity index is 1.74. The summed E-state index contributed by atoms with van der Waals surface area (Å²) in [6.07, 6.45) is 11.7. The number of allylic oxidation sites excluding steroid dienone is 2. The molecule has 24 heavy (non-hydrogen) atoms. The molecule has 1 aliphatic carbocycles. The Morgan fingerprint density at radius 2 is 1.96 bits per heavy atom. The van der Waals surface area contributed by atoms with E-state index in [0.717, 1.165) is 51.4 Å². The van der Waals surface area contributed by atoms with Gasteiger partial charge in [-0.3, -0.25) is 4.79 Å². The second-order valence-corrected chi connectivity index (χ2v) is 6.64. The summed E-state index contributed by atoms with van der Waals surface area (Å²) in [5.41, 5.74) is 1.28. The van der Waals surface area contributed by atoms with Crippen molar-refractivity contribution in [2.24, 2.45) is 11.8 Å². The van der Waals surface area contributed by atoms with Crippen LogP contribution in [0, 0.1) is 23.2 Å². The standard InChI is InChI=1S/C21H27NO2/c1-2-6-17-10-14-20(15-11-17)24-21(23)19-12-8-18(9-13-19)7-4-3-5-16-22/h3,5,10-11,14-15,18-19H,2,4,6-9,12-13H2,1H3. The van der Waals surface area contributed by atoms with Crippen LogP contribution in [0.1, 0.15) is 57.4 Å². The van der Waals surface area contributed by atoms with Crippen molar-refractivity contribution >= 4 is 5.97 Å². The second kappa shape index (κ2) is 9.93. The molecular weight excluding hydrogens is 298 g/mol. The number of hydrogen-bond acceptors (Lipinski definition) is 3. The molecule has 1 fully saturated rings. The van der Waals surface area contributed by atoms with E-state index < -0.39 is 0 Å². The minimum Gasteiger partial charge on any atom is -0.426 e. The van der Waals surface area contributed by atoms with Crippen LogP contribution in [0.5, 0.6) is 5.75 Å². The van der Waals surface area contributed by atoms with E-state index in [2.05, 4.69) is 6.92 Å². The summed E-state index contributed by atoms with van der Waals surface area (Å²) in [6, 6.07) is 9.90. The Kier molecular flexibility index (Phi) is 7.55. The summed E-state index contributed by atoms with van der Waals surface area (Å²) < 4.78 is 5.55. The first-order chi connectivity index (χ1) is 11.7. The van der Waals surface area contributed by atoms with Crippen molar-refractivity contribution in [3.8, 4) is 11.8 Å². The number of rotatable bonds is 7. The number of ether oxygens (including phenoxy) is 1. The number of esters is 1. The number of nitrogens with zero attached hydrogens (tertiary/aromatic N) is 1. The third-order valence-electron chi connectivity index (χ3n) is 4.79. The van der Waals surface area contributed by atoms with Gasteiger partial charge < -0.3 is 4.74 Å². The Morgan fingerprint density at radius 1 is 1.25 bits per heavy atom. The summed E-state index contributed by atoms with van der Waals surface area (Å²) in [5, 5.41) is 8.47. The number of aryl methyl sites for hydroxylation is 1. The van der Waals surface area contributed by atoms with Crippen LogP contribution in [0.2, 0.25) is 0 Å². The maximum absolute atomic E-state index is 12.3. The van der Waals surface area contributed by atoms with Gasteiger partial charge in [-0.2, -0.15) is 5.26 Å². The quantitative estimate of drug-likeness (QED) is 0.393. The molecule has 0 aliphatic heterocycles. The average molecular weight is 325 g/mol. The average Bonchev–Trinajstić information content (AvgIpc) is 2.61. The monoisotopic (exact) mass is 325 g/mol. The van der Waals surface area contributed by atoms with E-state index in [9.17, 15) is 4.79 Å². The van der Waals surface area contributed by atoms with Crippen molar-refractivity contribution in [2.45, 2.75) is 58.3 Å². The number of carbonyl (C=O) groups excluding carboxylic acids is 1. The van der Waals surface area contributed by atoms with Crippen molar-refractivity contribution in [2.75, 3.05) is 0 Å². The van der Waals surface area contributed by atoms with Crippen LogP contribution < -0.4 is 4.74 Å². The molecule has 0 amide bonds. The highest BCUT2D eigenvalue weighted by Gasteiger charge is 2.27. The highest BCUT2D eigenvalue weighted by atomic mass is 16.5. The molecule has 1 aromatic rings. The van der Waals surface area contributed by atoms with E-state index in [4.69, 9.17) is 10.00 Å². The molecule has 1 aliphatic rings. The number of carbonyl (C=O) groups is 1. The molecular formula is C21H27NO2. The highest BCUT2D eigenvalue weighted by molar-refractivity contribution is 5.75. The van der Waals surface area contributed by atoms with Gasteiger partial charge in [0.15, 0.2) is 0 Å². The molecule has 0 saturated heterocycles. The molecule has 128 valence electrons. The molecule has 3 nitrogen and oxygen atoms in total. The zero-order chi connectivity index (χ0) is 17.2. The van der Waals surface area contributed by atoms with Crippen LogP contribution in [0.15, 0.2) is 36.4 Å². The predicted molar refractivity (Wildman–Crippen MR) is 95.5 cm³/mol. The van der Waals surface area contributed by atoms with E-state index in [0.29, 0.717) is 11.7 Å². The van der Waals surface area contributed by atoms with Gasteiger partial charge in [0.1, 0.15) is 5.75 Å². The minimum absolute atomic E-state index is 0.0335. The smallest absolute Gasteiger partial charge is 0.314 e. The third kappa shape index (κ3) is 5.85. The molecule has 0 spiro atoms. The lowest BCUT2D eigenvalue weighted by Crippen LogP contribution is -2.25. The molecule has 0 unspecified atom stereocenters. The third-order valence-corrected chi connectivity index (χ3v) is 4.79. The molecule has 0 bridgehead atoms. The summed E-state index contributed by atoms with van der Waals surface area (Å²) in [7, 11) is 0. The lowest BCUT2D eigenvalue weighted by molar-refractivity contribution is -0.140. The fourth-order valence-corrected chi connectivity index (χ4v) is 3.37. The van der Waals surface area contributed by atoms with Gasteiger partial charge >= 0.3 is 5.97 Å². The van der Waals surface area contributed by atoms with Gasteiger partial charge in [0, 0.05) is 6.08 Å².